The Morgan fingerprint density at radius 3 is 2.65 bits per heavy atom. The number of imidazole rings is 1. The van der Waals surface area contributed by atoms with Crippen LogP contribution in [0.25, 0.3) is 22.6 Å². The van der Waals surface area contributed by atoms with Crippen LogP contribution in [0.15, 0.2) is 71.3 Å². The zero-order chi connectivity index (χ0) is 15.6. The minimum absolute atomic E-state index is 0.812. The number of hydrogen-bond donors (Lipinski definition) is 0. The molecule has 0 saturated heterocycles. The Morgan fingerprint density at radius 1 is 1.00 bits per heavy atom. The van der Waals surface area contributed by atoms with E-state index in [2.05, 4.69) is 54.0 Å². The Hall–Kier alpha value is -2.81. The molecule has 2 aromatic carbocycles. The van der Waals surface area contributed by atoms with Gasteiger partial charge in [0.05, 0.1) is 17.3 Å². The Bertz CT molecular complexity index is 921. The molecule has 0 saturated carbocycles. The number of nitrogens with zero attached hydrogens (tertiary/aromatic N) is 2. The van der Waals surface area contributed by atoms with E-state index in [1.54, 1.807) is 6.26 Å². The molecule has 114 valence electrons. The standard InChI is InChI=1S/C20H18N2O/c1-15-9-10-18-17(14-15)21-20(19-8-5-13-23-19)22(18)12-11-16-6-3-2-4-7-16/h2-10,13-14H,11-12H2,1H3. The molecular weight excluding hydrogens is 284 g/mol. The molecule has 0 fully saturated rings. The summed E-state index contributed by atoms with van der Waals surface area (Å²) in [4.78, 5) is 4.80. The first kappa shape index (κ1) is 13.8. The summed E-state index contributed by atoms with van der Waals surface area (Å²) >= 11 is 0. The molecule has 0 spiro atoms. The second kappa shape index (κ2) is 5.76. The molecule has 23 heavy (non-hydrogen) atoms. The van der Waals surface area contributed by atoms with Gasteiger partial charge in [0.2, 0.25) is 0 Å². The van der Waals surface area contributed by atoms with Crippen molar-refractivity contribution in [3.63, 3.8) is 0 Å². The summed E-state index contributed by atoms with van der Waals surface area (Å²) in [6, 6.07) is 20.8. The molecule has 0 amide bonds. The van der Waals surface area contributed by atoms with E-state index in [1.807, 2.05) is 18.2 Å². The maximum absolute atomic E-state index is 5.59. The molecule has 4 rings (SSSR count). The van der Waals surface area contributed by atoms with Crippen LogP contribution in [0.2, 0.25) is 0 Å². The molecule has 0 aliphatic carbocycles. The number of fused-ring (bicyclic) bond motifs is 1. The van der Waals surface area contributed by atoms with E-state index in [0.29, 0.717) is 0 Å². The molecule has 0 bridgehead atoms. The third-order valence-corrected chi connectivity index (χ3v) is 4.11. The highest BCUT2D eigenvalue weighted by molar-refractivity contribution is 5.80. The number of benzene rings is 2. The number of furan rings is 1. The molecule has 0 unspecified atom stereocenters. The zero-order valence-electron chi connectivity index (χ0n) is 13.1. The maximum Gasteiger partial charge on any atom is 0.177 e. The molecule has 2 heterocycles. The molecule has 0 aliphatic rings. The van der Waals surface area contributed by atoms with E-state index in [-0.39, 0.29) is 0 Å². The number of aromatic nitrogens is 2. The van der Waals surface area contributed by atoms with Crippen LogP contribution in [0, 0.1) is 6.92 Å². The van der Waals surface area contributed by atoms with Crippen molar-refractivity contribution in [2.45, 2.75) is 19.9 Å². The van der Waals surface area contributed by atoms with Gasteiger partial charge < -0.3 is 8.98 Å². The molecule has 0 atom stereocenters. The Labute approximate surface area is 135 Å². The monoisotopic (exact) mass is 302 g/mol. The summed E-state index contributed by atoms with van der Waals surface area (Å²) in [5.74, 6) is 1.71. The molecular formula is C20H18N2O. The van der Waals surface area contributed by atoms with E-state index >= 15 is 0 Å². The van der Waals surface area contributed by atoms with Gasteiger partial charge in [-0.2, -0.15) is 0 Å². The summed E-state index contributed by atoms with van der Waals surface area (Å²) in [5, 5.41) is 0. The van der Waals surface area contributed by atoms with Gasteiger partial charge in [0.25, 0.3) is 0 Å². The van der Waals surface area contributed by atoms with E-state index in [9.17, 15) is 0 Å². The van der Waals surface area contributed by atoms with Crippen LogP contribution < -0.4 is 0 Å². The predicted octanol–water partition coefficient (Wildman–Crippen LogP) is 4.85. The lowest BCUT2D eigenvalue weighted by Crippen LogP contribution is -2.03. The zero-order valence-corrected chi connectivity index (χ0v) is 13.1. The minimum atomic E-state index is 0.812. The fraction of sp³-hybridized carbons (Fsp3) is 0.150. The first-order valence-electron chi connectivity index (χ1n) is 7.86. The third-order valence-electron chi connectivity index (χ3n) is 4.11. The number of hydrogen-bond acceptors (Lipinski definition) is 2. The van der Waals surface area contributed by atoms with E-state index in [1.165, 1.54) is 11.1 Å². The van der Waals surface area contributed by atoms with Crippen molar-refractivity contribution in [1.29, 1.82) is 0 Å². The van der Waals surface area contributed by atoms with Crippen LogP contribution >= 0.6 is 0 Å². The van der Waals surface area contributed by atoms with Crippen molar-refractivity contribution in [3.05, 3.63) is 78.1 Å². The molecule has 0 aliphatic heterocycles. The predicted molar refractivity (Wildman–Crippen MR) is 92.3 cm³/mol. The van der Waals surface area contributed by atoms with Crippen LogP contribution in [0.1, 0.15) is 11.1 Å². The first-order valence-corrected chi connectivity index (χ1v) is 7.86. The lowest BCUT2D eigenvalue weighted by atomic mass is 10.1. The first-order chi connectivity index (χ1) is 11.3. The summed E-state index contributed by atoms with van der Waals surface area (Å²) in [5.41, 5.74) is 4.71. The average molecular weight is 302 g/mol. The molecule has 4 aromatic rings. The molecule has 3 heteroatoms. The average Bonchev–Trinajstić information content (AvgIpc) is 3.21. The van der Waals surface area contributed by atoms with Crippen molar-refractivity contribution >= 4 is 11.0 Å². The molecule has 2 aromatic heterocycles. The highest BCUT2D eigenvalue weighted by Crippen LogP contribution is 2.26. The van der Waals surface area contributed by atoms with Crippen LogP contribution in [0.4, 0.5) is 0 Å². The van der Waals surface area contributed by atoms with Gasteiger partial charge in [-0.3, -0.25) is 0 Å². The second-order valence-corrected chi connectivity index (χ2v) is 5.79. The van der Waals surface area contributed by atoms with Gasteiger partial charge in [0, 0.05) is 6.54 Å². The quantitative estimate of drug-likeness (QED) is 0.539. The van der Waals surface area contributed by atoms with Crippen molar-refractivity contribution in [2.75, 3.05) is 0 Å². The van der Waals surface area contributed by atoms with Gasteiger partial charge in [-0.1, -0.05) is 36.4 Å². The van der Waals surface area contributed by atoms with Crippen LogP contribution in [0.3, 0.4) is 0 Å². The van der Waals surface area contributed by atoms with Gasteiger partial charge in [-0.15, -0.1) is 0 Å². The van der Waals surface area contributed by atoms with Crippen molar-refractivity contribution < 1.29 is 4.42 Å². The summed E-state index contributed by atoms with van der Waals surface area (Å²) in [7, 11) is 0. The SMILES string of the molecule is Cc1ccc2c(c1)nc(-c1ccco1)n2CCc1ccccc1. The van der Waals surface area contributed by atoms with Gasteiger partial charge >= 0.3 is 0 Å². The van der Waals surface area contributed by atoms with Gasteiger partial charge in [0.1, 0.15) is 0 Å². The van der Waals surface area contributed by atoms with Gasteiger partial charge in [-0.05, 0) is 48.7 Å². The van der Waals surface area contributed by atoms with E-state index in [4.69, 9.17) is 9.40 Å². The highest BCUT2D eigenvalue weighted by atomic mass is 16.3. The number of aryl methyl sites for hydroxylation is 3. The van der Waals surface area contributed by atoms with Gasteiger partial charge in [-0.25, -0.2) is 4.98 Å². The lowest BCUT2D eigenvalue weighted by Gasteiger charge is -2.08. The summed E-state index contributed by atoms with van der Waals surface area (Å²) in [6.45, 7) is 2.97. The van der Waals surface area contributed by atoms with Crippen LogP contribution in [-0.4, -0.2) is 9.55 Å². The van der Waals surface area contributed by atoms with Crippen LogP contribution in [0.5, 0.6) is 0 Å². The normalized spacial score (nSPS) is 11.2. The second-order valence-electron chi connectivity index (χ2n) is 5.79. The Balaban J connectivity index is 1.78. The lowest BCUT2D eigenvalue weighted by molar-refractivity contribution is 0.569. The Kier molecular flexibility index (Phi) is 3.46. The largest absolute Gasteiger partial charge is 0.461 e. The molecule has 3 nitrogen and oxygen atoms in total. The van der Waals surface area contributed by atoms with Gasteiger partial charge in [0.15, 0.2) is 11.6 Å². The highest BCUT2D eigenvalue weighted by Gasteiger charge is 2.14. The smallest absolute Gasteiger partial charge is 0.177 e. The van der Waals surface area contributed by atoms with E-state index in [0.717, 1.165) is 35.6 Å². The third kappa shape index (κ3) is 2.66. The van der Waals surface area contributed by atoms with Crippen molar-refractivity contribution in [2.24, 2.45) is 0 Å². The summed E-state index contributed by atoms with van der Waals surface area (Å²) in [6.07, 6.45) is 2.66. The van der Waals surface area contributed by atoms with Crippen LogP contribution in [-0.2, 0) is 13.0 Å². The topological polar surface area (TPSA) is 31.0 Å². The minimum Gasteiger partial charge on any atom is -0.461 e. The molecule has 0 N–H and O–H groups in total. The van der Waals surface area contributed by atoms with Crippen molar-refractivity contribution in [3.8, 4) is 11.6 Å². The maximum atomic E-state index is 5.59. The summed E-state index contributed by atoms with van der Waals surface area (Å²) < 4.78 is 7.84. The fourth-order valence-corrected chi connectivity index (χ4v) is 2.95. The van der Waals surface area contributed by atoms with E-state index < -0.39 is 0 Å². The Morgan fingerprint density at radius 2 is 1.87 bits per heavy atom. The van der Waals surface area contributed by atoms with Crippen molar-refractivity contribution in [1.82, 2.24) is 9.55 Å². The fourth-order valence-electron chi connectivity index (χ4n) is 2.95. The molecule has 0 radical (unpaired) electrons. The number of rotatable bonds is 4.